The van der Waals surface area contributed by atoms with Crippen LogP contribution in [0.3, 0.4) is 0 Å². The molecule has 3 aromatic carbocycles. The van der Waals surface area contributed by atoms with Crippen LogP contribution in [0.5, 0.6) is 0 Å². The standard InChI is InChI=1S/C21H16N2S/c1-15-9-5-8-14-19(15)23-20(16-10-3-2-4-11-16)17-12-6-7-13-18(17)22-21(23)24/h2-14H,1H3. The molecule has 0 N–H and O–H groups in total. The zero-order valence-corrected chi connectivity index (χ0v) is 14.1. The molecule has 3 heteroatoms. The molecule has 0 unspecified atom stereocenters. The Bertz CT molecular complexity index is 1080. The lowest BCUT2D eigenvalue weighted by Crippen LogP contribution is -2.06. The first kappa shape index (κ1) is 14.8. The predicted octanol–water partition coefficient (Wildman–Crippen LogP) is 5.73. The molecule has 0 aliphatic rings. The van der Waals surface area contributed by atoms with Gasteiger partial charge in [-0.25, -0.2) is 4.98 Å². The van der Waals surface area contributed by atoms with Gasteiger partial charge in [0, 0.05) is 5.39 Å². The fourth-order valence-electron chi connectivity index (χ4n) is 3.06. The molecule has 0 aliphatic carbocycles. The van der Waals surface area contributed by atoms with Gasteiger partial charge in [-0.3, -0.25) is 4.57 Å². The Morgan fingerprint density at radius 3 is 2.25 bits per heavy atom. The molecule has 1 aromatic heterocycles. The van der Waals surface area contributed by atoms with Crippen molar-refractivity contribution in [1.82, 2.24) is 9.55 Å². The third-order valence-corrected chi connectivity index (χ3v) is 4.47. The van der Waals surface area contributed by atoms with Crippen LogP contribution in [0, 0.1) is 11.7 Å². The van der Waals surface area contributed by atoms with Crippen molar-refractivity contribution in [3.05, 3.63) is 89.2 Å². The van der Waals surface area contributed by atoms with Crippen LogP contribution >= 0.6 is 12.2 Å². The molecule has 0 fully saturated rings. The molecule has 0 amide bonds. The molecule has 1 heterocycles. The van der Waals surface area contributed by atoms with Gasteiger partial charge in [-0.05, 0) is 42.4 Å². The van der Waals surface area contributed by atoms with Gasteiger partial charge in [0.05, 0.1) is 16.9 Å². The third kappa shape index (κ3) is 2.43. The fourth-order valence-corrected chi connectivity index (χ4v) is 3.35. The molecular formula is C21H16N2S. The molecule has 0 radical (unpaired) electrons. The van der Waals surface area contributed by atoms with Gasteiger partial charge in [0.15, 0.2) is 0 Å². The number of aromatic nitrogens is 2. The molecule has 0 spiro atoms. The molecule has 116 valence electrons. The summed E-state index contributed by atoms with van der Waals surface area (Å²) in [6, 6.07) is 26.8. The van der Waals surface area contributed by atoms with Crippen LogP contribution in [-0.2, 0) is 0 Å². The van der Waals surface area contributed by atoms with E-state index in [4.69, 9.17) is 12.2 Å². The summed E-state index contributed by atoms with van der Waals surface area (Å²) in [4.78, 5) is 4.66. The Hall–Kier alpha value is -2.78. The van der Waals surface area contributed by atoms with Crippen LogP contribution in [0.4, 0.5) is 0 Å². The predicted molar refractivity (Wildman–Crippen MR) is 102 cm³/mol. The van der Waals surface area contributed by atoms with Crippen LogP contribution < -0.4 is 0 Å². The summed E-state index contributed by atoms with van der Waals surface area (Å²) in [5, 5.41) is 1.10. The van der Waals surface area contributed by atoms with E-state index in [9.17, 15) is 0 Å². The third-order valence-electron chi connectivity index (χ3n) is 4.19. The summed E-state index contributed by atoms with van der Waals surface area (Å²) in [5.74, 6) is 0. The first-order valence-corrected chi connectivity index (χ1v) is 8.30. The second-order valence-electron chi connectivity index (χ2n) is 5.75. The van der Waals surface area contributed by atoms with Gasteiger partial charge in [-0.15, -0.1) is 0 Å². The van der Waals surface area contributed by atoms with E-state index >= 15 is 0 Å². The minimum absolute atomic E-state index is 0.571. The van der Waals surface area contributed by atoms with Crippen molar-refractivity contribution in [1.29, 1.82) is 0 Å². The number of hydrogen-bond acceptors (Lipinski definition) is 2. The van der Waals surface area contributed by atoms with Crippen molar-refractivity contribution in [2.75, 3.05) is 0 Å². The average molecular weight is 328 g/mol. The van der Waals surface area contributed by atoms with Gasteiger partial charge >= 0.3 is 0 Å². The highest BCUT2D eigenvalue weighted by Crippen LogP contribution is 2.31. The van der Waals surface area contributed by atoms with Crippen LogP contribution in [0.1, 0.15) is 5.56 Å². The summed E-state index contributed by atoms with van der Waals surface area (Å²) in [5.41, 5.74) is 5.37. The SMILES string of the molecule is Cc1ccccc1-n1c(-c2ccccc2)c2ccccc2nc1=S. The van der Waals surface area contributed by atoms with E-state index in [0.717, 1.165) is 27.8 Å². The van der Waals surface area contributed by atoms with Gasteiger partial charge in [0.25, 0.3) is 0 Å². The maximum absolute atomic E-state index is 5.66. The summed E-state index contributed by atoms with van der Waals surface area (Å²) in [7, 11) is 0. The molecule has 4 aromatic rings. The maximum Gasteiger partial charge on any atom is 0.205 e. The van der Waals surface area contributed by atoms with Gasteiger partial charge in [0.1, 0.15) is 0 Å². The molecule has 0 atom stereocenters. The van der Waals surface area contributed by atoms with Crippen molar-refractivity contribution < 1.29 is 0 Å². The quantitative estimate of drug-likeness (QED) is 0.437. The lowest BCUT2D eigenvalue weighted by molar-refractivity contribution is 0.979. The highest BCUT2D eigenvalue weighted by atomic mass is 32.1. The summed E-state index contributed by atoms with van der Waals surface area (Å²) in [6.07, 6.45) is 0. The Morgan fingerprint density at radius 1 is 0.792 bits per heavy atom. The topological polar surface area (TPSA) is 17.8 Å². The van der Waals surface area contributed by atoms with Crippen molar-refractivity contribution in [3.63, 3.8) is 0 Å². The van der Waals surface area contributed by atoms with E-state index in [1.165, 1.54) is 5.56 Å². The molecule has 0 saturated carbocycles. The summed E-state index contributed by atoms with van der Waals surface area (Å²) in [6.45, 7) is 2.10. The van der Waals surface area contributed by atoms with Crippen molar-refractivity contribution in [2.24, 2.45) is 0 Å². The number of nitrogens with zero attached hydrogens (tertiary/aromatic N) is 2. The normalized spacial score (nSPS) is 10.9. The molecule has 4 rings (SSSR count). The van der Waals surface area contributed by atoms with E-state index in [0.29, 0.717) is 4.77 Å². The molecule has 0 aliphatic heterocycles. The minimum Gasteiger partial charge on any atom is -0.284 e. The lowest BCUT2D eigenvalue weighted by Gasteiger charge is -2.18. The number of aryl methyl sites for hydroxylation is 1. The lowest BCUT2D eigenvalue weighted by atomic mass is 10.0. The number of para-hydroxylation sites is 2. The minimum atomic E-state index is 0.571. The zero-order chi connectivity index (χ0) is 16.5. The summed E-state index contributed by atoms with van der Waals surface area (Å²) < 4.78 is 2.66. The number of rotatable bonds is 2. The Morgan fingerprint density at radius 2 is 1.46 bits per heavy atom. The van der Waals surface area contributed by atoms with Crippen molar-refractivity contribution in [3.8, 4) is 16.9 Å². The van der Waals surface area contributed by atoms with Crippen molar-refractivity contribution >= 4 is 23.1 Å². The first-order chi connectivity index (χ1) is 11.8. The molecular weight excluding hydrogens is 312 g/mol. The number of benzene rings is 3. The van der Waals surface area contributed by atoms with Crippen LogP contribution in [-0.4, -0.2) is 9.55 Å². The van der Waals surface area contributed by atoms with E-state index in [1.54, 1.807) is 0 Å². The van der Waals surface area contributed by atoms with Crippen LogP contribution in [0.15, 0.2) is 78.9 Å². The van der Waals surface area contributed by atoms with Crippen LogP contribution in [0.2, 0.25) is 0 Å². The molecule has 0 saturated heterocycles. The Balaban J connectivity index is 2.20. The van der Waals surface area contributed by atoms with Gasteiger partial charge in [0.2, 0.25) is 4.77 Å². The second kappa shape index (κ2) is 6.02. The smallest absolute Gasteiger partial charge is 0.205 e. The second-order valence-corrected chi connectivity index (χ2v) is 6.11. The Kier molecular flexibility index (Phi) is 3.71. The van der Waals surface area contributed by atoms with Gasteiger partial charge in [-0.2, -0.15) is 0 Å². The van der Waals surface area contributed by atoms with Crippen molar-refractivity contribution in [2.45, 2.75) is 6.92 Å². The monoisotopic (exact) mass is 328 g/mol. The maximum atomic E-state index is 5.66. The summed E-state index contributed by atoms with van der Waals surface area (Å²) >= 11 is 5.66. The molecule has 24 heavy (non-hydrogen) atoms. The van der Waals surface area contributed by atoms with Gasteiger partial charge < -0.3 is 0 Å². The highest BCUT2D eigenvalue weighted by molar-refractivity contribution is 7.71. The first-order valence-electron chi connectivity index (χ1n) is 7.89. The van der Waals surface area contributed by atoms with E-state index in [1.807, 2.05) is 36.4 Å². The zero-order valence-electron chi connectivity index (χ0n) is 13.3. The number of fused-ring (bicyclic) bond motifs is 1. The Labute approximate surface area is 146 Å². The van der Waals surface area contributed by atoms with E-state index in [-0.39, 0.29) is 0 Å². The molecule has 2 nitrogen and oxygen atoms in total. The largest absolute Gasteiger partial charge is 0.284 e. The van der Waals surface area contributed by atoms with E-state index < -0.39 is 0 Å². The highest BCUT2D eigenvalue weighted by Gasteiger charge is 2.14. The van der Waals surface area contributed by atoms with Crippen LogP contribution in [0.25, 0.3) is 27.8 Å². The average Bonchev–Trinajstić information content (AvgIpc) is 2.62. The number of hydrogen-bond donors (Lipinski definition) is 0. The van der Waals surface area contributed by atoms with Gasteiger partial charge in [-0.1, -0.05) is 66.7 Å². The van der Waals surface area contributed by atoms with E-state index in [2.05, 4.69) is 58.9 Å². The molecule has 0 bridgehead atoms. The fraction of sp³-hybridized carbons (Fsp3) is 0.0476.